The van der Waals surface area contributed by atoms with E-state index in [9.17, 15) is 4.79 Å². The van der Waals surface area contributed by atoms with Gasteiger partial charge in [0.2, 0.25) is 0 Å². The van der Waals surface area contributed by atoms with Gasteiger partial charge in [0.05, 0.1) is 12.9 Å². The molecule has 1 saturated heterocycles. The van der Waals surface area contributed by atoms with Gasteiger partial charge >= 0.3 is 0 Å². The van der Waals surface area contributed by atoms with Crippen LogP contribution in [0.3, 0.4) is 0 Å². The van der Waals surface area contributed by atoms with Gasteiger partial charge < -0.3 is 19.5 Å². The van der Waals surface area contributed by atoms with Gasteiger partial charge in [-0.2, -0.15) is 0 Å². The van der Waals surface area contributed by atoms with Crippen molar-refractivity contribution in [3.05, 3.63) is 72.4 Å². The molecule has 2 saturated carbocycles. The number of benzene rings is 1. The van der Waals surface area contributed by atoms with E-state index in [1.807, 2.05) is 19.5 Å². The molecule has 7 rings (SSSR count). The monoisotopic (exact) mass is 496 g/mol. The molecule has 6 heteroatoms. The fourth-order valence-corrected chi connectivity index (χ4v) is 7.44. The van der Waals surface area contributed by atoms with E-state index in [-0.39, 0.29) is 11.9 Å². The van der Waals surface area contributed by atoms with Crippen LogP contribution in [0.4, 0.5) is 5.69 Å². The number of hydrogen-bond acceptors (Lipinski definition) is 4. The largest absolute Gasteiger partial charge is 0.501 e. The number of aryl methyl sites for hydroxylation is 1. The highest BCUT2D eigenvalue weighted by Crippen LogP contribution is 2.73. The van der Waals surface area contributed by atoms with Crippen LogP contribution >= 0.6 is 0 Å². The van der Waals surface area contributed by atoms with Gasteiger partial charge in [-0.25, -0.2) is 0 Å². The number of piperidine rings is 1. The van der Waals surface area contributed by atoms with E-state index >= 15 is 0 Å². The zero-order valence-corrected chi connectivity index (χ0v) is 21.6. The highest BCUT2D eigenvalue weighted by molar-refractivity contribution is 5.99. The molecule has 192 valence electrons. The highest BCUT2D eigenvalue weighted by Gasteiger charge is 2.66. The summed E-state index contributed by atoms with van der Waals surface area (Å²) in [6.07, 6.45) is 12.8. The van der Waals surface area contributed by atoms with Crippen LogP contribution in [-0.2, 0) is 11.3 Å². The number of carbonyl (C=O) groups is 1. The molecule has 0 spiro atoms. The van der Waals surface area contributed by atoms with Crippen molar-refractivity contribution in [2.24, 2.45) is 23.2 Å². The number of aromatic nitrogens is 2. The summed E-state index contributed by atoms with van der Waals surface area (Å²) >= 11 is 0. The Morgan fingerprint density at radius 2 is 1.97 bits per heavy atom. The van der Waals surface area contributed by atoms with Crippen molar-refractivity contribution in [2.45, 2.75) is 51.1 Å². The predicted molar refractivity (Wildman–Crippen MR) is 145 cm³/mol. The number of allylic oxidation sites excluding steroid dienone is 2. The fourth-order valence-electron chi connectivity index (χ4n) is 7.44. The number of hydrogen-bond donors (Lipinski definition) is 1. The van der Waals surface area contributed by atoms with Gasteiger partial charge in [0.25, 0.3) is 5.91 Å². The minimum absolute atomic E-state index is 0.0666. The molecule has 3 fully saturated rings. The second-order valence-corrected chi connectivity index (χ2v) is 11.6. The lowest BCUT2D eigenvalue weighted by atomic mass is 9.91. The van der Waals surface area contributed by atoms with Gasteiger partial charge in [0.1, 0.15) is 5.69 Å². The number of anilines is 1. The standard InChI is InChI=1S/C31H36N4O2/c1-37-26-16-22-17-27(22)31(20-23(31)19-26)10-15-35-28-5-3-2-4-21(28)18-29(35)30(36)33-24-8-13-34(14-9-24)25-6-11-32-12-7-25/h2-7,11-12,16,18,22-24,27H,8-10,13-15,17,19-20H2,1H3,(H,33,36). The van der Waals surface area contributed by atoms with Gasteiger partial charge in [-0.05, 0) is 85.6 Å². The first-order valence-electron chi connectivity index (χ1n) is 13.9. The van der Waals surface area contributed by atoms with Crippen LogP contribution in [0.1, 0.15) is 49.0 Å². The molecule has 1 aliphatic heterocycles. The molecule has 37 heavy (non-hydrogen) atoms. The molecule has 3 aliphatic carbocycles. The van der Waals surface area contributed by atoms with Crippen LogP contribution in [0.2, 0.25) is 0 Å². The summed E-state index contributed by atoms with van der Waals surface area (Å²) in [4.78, 5) is 20.1. The first-order valence-corrected chi connectivity index (χ1v) is 13.9. The maximum Gasteiger partial charge on any atom is 0.268 e. The van der Waals surface area contributed by atoms with Crippen molar-refractivity contribution in [3.8, 4) is 0 Å². The Kier molecular flexibility index (Phi) is 5.52. The van der Waals surface area contributed by atoms with Crippen LogP contribution in [0, 0.1) is 23.2 Å². The lowest BCUT2D eigenvalue weighted by molar-refractivity contribution is 0.0921. The molecular weight excluding hydrogens is 460 g/mol. The molecule has 6 nitrogen and oxygen atoms in total. The Labute approximate surface area is 218 Å². The molecule has 0 radical (unpaired) electrons. The number of methoxy groups -OCH3 is 1. The average molecular weight is 497 g/mol. The second-order valence-electron chi connectivity index (χ2n) is 11.6. The number of rotatable bonds is 7. The maximum absolute atomic E-state index is 13.6. The summed E-state index contributed by atoms with van der Waals surface area (Å²) in [5, 5.41) is 4.53. The van der Waals surface area contributed by atoms with Gasteiger partial charge in [0, 0.05) is 61.1 Å². The first-order chi connectivity index (χ1) is 18.1. The Hall–Kier alpha value is -3.28. The molecule has 4 atom stereocenters. The minimum Gasteiger partial charge on any atom is -0.501 e. The summed E-state index contributed by atoms with van der Waals surface area (Å²) < 4.78 is 7.97. The number of fused-ring (bicyclic) bond motifs is 4. The normalized spacial score (nSPS) is 28.6. The third-order valence-electron chi connectivity index (χ3n) is 9.67. The van der Waals surface area contributed by atoms with Crippen molar-refractivity contribution in [1.82, 2.24) is 14.9 Å². The van der Waals surface area contributed by atoms with Crippen molar-refractivity contribution < 1.29 is 9.53 Å². The van der Waals surface area contributed by atoms with Gasteiger partial charge in [-0.15, -0.1) is 0 Å². The van der Waals surface area contributed by atoms with Crippen molar-refractivity contribution >= 4 is 22.5 Å². The van der Waals surface area contributed by atoms with Crippen LogP contribution in [-0.4, -0.2) is 41.7 Å². The molecule has 2 aromatic heterocycles. The number of nitrogens with zero attached hydrogens (tertiary/aromatic N) is 3. The maximum atomic E-state index is 13.6. The molecule has 3 heterocycles. The topological polar surface area (TPSA) is 59.4 Å². The number of para-hydroxylation sites is 1. The SMILES string of the molecule is COC1=CC2CC2C2(CCn3c(C(=O)NC4CCN(c5ccncc5)CC4)cc4ccccc43)CC2C1. The van der Waals surface area contributed by atoms with E-state index in [4.69, 9.17) is 4.74 Å². The molecule has 0 bridgehead atoms. The van der Waals surface area contributed by atoms with E-state index in [1.165, 1.54) is 29.8 Å². The highest BCUT2D eigenvalue weighted by atomic mass is 16.5. The smallest absolute Gasteiger partial charge is 0.268 e. The Morgan fingerprint density at radius 3 is 2.78 bits per heavy atom. The number of amides is 1. The third-order valence-corrected chi connectivity index (χ3v) is 9.67. The quantitative estimate of drug-likeness (QED) is 0.476. The average Bonchev–Trinajstić information content (AvgIpc) is 3.82. The number of ether oxygens (including phenoxy) is 1. The van der Waals surface area contributed by atoms with Gasteiger partial charge in [0.15, 0.2) is 0 Å². The molecule has 4 aliphatic rings. The van der Waals surface area contributed by atoms with Crippen molar-refractivity contribution in [2.75, 3.05) is 25.1 Å². The molecule has 3 aromatic rings. The van der Waals surface area contributed by atoms with Crippen molar-refractivity contribution in [3.63, 3.8) is 0 Å². The lowest BCUT2D eigenvalue weighted by Gasteiger charge is -2.34. The van der Waals surface area contributed by atoms with Crippen molar-refractivity contribution in [1.29, 1.82) is 0 Å². The van der Waals surface area contributed by atoms with Crippen LogP contribution < -0.4 is 10.2 Å². The summed E-state index contributed by atoms with van der Waals surface area (Å²) in [6.45, 7) is 2.79. The van der Waals surface area contributed by atoms with E-state index in [1.54, 1.807) is 0 Å². The fraction of sp³-hybridized carbons (Fsp3) is 0.484. The first kappa shape index (κ1) is 22.9. The van der Waals surface area contributed by atoms with Gasteiger partial charge in [-0.1, -0.05) is 18.2 Å². The summed E-state index contributed by atoms with van der Waals surface area (Å²) in [6, 6.07) is 14.9. The molecule has 4 unspecified atom stereocenters. The summed E-state index contributed by atoms with van der Waals surface area (Å²) in [5.41, 5.74) is 3.62. The van der Waals surface area contributed by atoms with E-state index in [0.717, 1.165) is 68.2 Å². The molecule has 1 N–H and O–H groups in total. The number of nitrogens with one attached hydrogen (secondary N) is 1. The van der Waals surface area contributed by atoms with Gasteiger partial charge in [-0.3, -0.25) is 9.78 Å². The zero-order chi connectivity index (χ0) is 25.0. The summed E-state index contributed by atoms with van der Waals surface area (Å²) in [5.74, 6) is 3.50. The Bertz CT molecular complexity index is 1340. The number of pyridine rings is 1. The minimum atomic E-state index is 0.0666. The summed E-state index contributed by atoms with van der Waals surface area (Å²) in [7, 11) is 1.82. The van der Waals surface area contributed by atoms with Crippen LogP contribution in [0.15, 0.2) is 66.7 Å². The Morgan fingerprint density at radius 1 is 1.16 bits per heavy atom. The van der Waals surface area contributed by atoms with E-state index < -0.39 is 0 Å². The van der Waals surface area contributed by atoms with E-state index in [2.05, 4.69) is 68.3 Å². The number of carbonyl (C=O) groups excluding carboxylic acids is 1. The molecular formula is C31H36N4O2. The third kappa shape index (κ3) is 4.11. The lowest BCUT2D eigenvalue weighted by Crippen LogP contribution is -2.45. The molecule has 1 amide bonds. The predicted octanol–water partition coefficient (Wildman–Crippen LogP) is 5.40. The molecule has 1 aromatic carbocycles. The van der Waals surface area contributed by atoms with Crippen LogP contribution in [0.25, 0.3) is 10.9 Å². The second kappa shape index (κ2) is 8.93. The zero-order valence-electron chi connectivity index (χ0n) is 21.6. The van der Waals surface area contributed by atoms with E-state index in [0.29, 0.717) is 11.3 Å². The van der Waals surface area contributed by atoms with Crippen LogP contribution in [0.5, 0.6) is 0 Å². The Balaban J connectivity index is 1.06.